The van der Waals surface area contributed by atoms with Crippen molar-refractivity contribution in [2.75, 3.05) is 0 Å². The van der Waals surface area contributed by atoms with Gasteiger partial charge in [-0.05, 0) is 30.7 Å². The van der Waals surface area contributed by atoms with Gasteiger partial charge in [-0.25, -0.2) is 4.39 Å². The number of carbonyl (C=O) groups excluding carboxylic acids is 1. The van der Waals surface area contributed by atoms with Gasteiger partial charge >= 0.3 is 5.69 Å². The summed E-state index contributed by atoms with van der Waals surface area (Å²) in [5.41, 5.74) is -1.49. The second-order valence-electron chi connectivity index (χ2n) is 5.53. The Morgan fingerprint density at radius 1 is 1.29 bits per heavy atom. The van der Waals surface area contributed by atoms with E-state index in [0.717, 1.165) is 12.8 Å². The van der Waals surface area contributed by atoms with E-state index in [1.165, 1.54) is 0 Å². The lowest BCUT2D eigenvalue weighted by Gasteiger charge is -2.19. The molecular weight excluding hydrogens is 282 g/mol. The number of amides is 1. The lowest BCUT2D eigenvalue weighted by atomic mass is 9.97. The first kappa shape index (κ1) is 15.3. The van der Waals surface area contributed by atoms with Crippen LogP contribution in [0.3, 0.4) is 0 Å². The molecule has 1 fully saturated rings. The molecule has 1 amide bonds. The summed E-state index contributed by atoms with van der Waals surface area (Å²) in [6, 6.07) is 0.918. The van der Waals surface area contributed by atoms with Crippen LogP contribution in [-0.4, -0.2) is 16.9 Å². The largest absolute Gasteiger partial charge is 0.349 e. The second kappa shape index (κ2) is 5.75. The average Bonchev–Trinajstić information content (AvgIpc) is 2.72. The van der Waals surface area contributed by atoms with Crippen LogP contribution in [0.1, 0.15) is 37.0 Å². The molecular formula is C14H16F2N2O3. The molecule has 1 aliphatic rings. The van der Waals surface area contributed by atoms with E-state index in [1.54, 1.807) is 0 Å². The van der Waals surface area contributed by atoms with Gasteiger partial charge in [-0.15, -0.1) is 0 Å². The summed E-state index contributed by atoms with van der Waals surface area (Å²) in [7, 11) is 0. The highest BCUT2D eigenvalue weighted by Gasteiger charge is 2.32. The van der Waals surface area contributed by atoms with Gasteiger partial charge in [0.2, 0.25) is 5.82 Å². The normalized spacial score (nSPS) is 24.9. The van der Waals surface area contributed by atoms with Crippen molar-refractivity contribution in [2.24, 2.45) is 11.8 Å². The first-order chi connectivity index (χ1) is 9.81. The van der Waals surface area contributed by atoms with Gasteiger partial charge in [0, 0.05) is 6.04 Å². The van der Waals surface area contributed by atoms with Gasteiger partial charge in [0.05, 0.1) is 16.6 Å². The van der Waals surface area contributed by atoms with Gasteiger partial charge < -0.3 is 5.32 Å². The van der Waals surface area contributed by atoms with Gasteiger partial charge in [-0.1, -0.05) is 13.8 Å². The molecule has 1 aromatic carbocycles. The summed E-state index contributed by atoms with van der Waals surface area (Å²) >= 11 is 0. The molecule has 0 bridgehead atoms. The van der Waals surface area contributed by atoms with E-state index in [-0.39, 0.29) is 12.0 Å². The Balaban J connectivity index is 2.20. The van der Waals surface area contributed by atoms with Crippen molar-refractivity contribution in [3.05, 3.63) is 39.4 Å². The minimum Gasteiger partial charge on any atom is -0.349 e. The maximum atomic E-state index is 13.8. The zero-order valence-corrected chi connectivity index (χ0v) is 11.7. The summed E-state index contributed by atoms with van der Waals surface area (Å²) in [6.45, 7) is 4.07. The lowest BCUT2D eigenvalue weighted by Crippen LogP contribution is -2.37. The van der Waals surface area contributed by atoms with Crippen molar-refractivity contribution in [3.8, 4) is 0 Å². The van der Waals surface area contributed by atoms with E-state index < -0.39 is 33.7 Å². The number of carbonyl (C=O) groups is 1. The number of nitrogens with one attached hydrogen (secondary N) is 1. The monoisotopic (exact) mass is 298 g/mol. The Morgan fingerprint density at radius 2 is 1.95 bits per heavy atom. The molecule has 0 aromatic heterocycles. The van der Waals surface area contributed by atoms with E-state index in [2.05, 4.69) is 12.2 Å². The standard InChI is InChI=1S/C14H16F2N2O3/c1-7-3-4-12(8(7)2)17-14(19)9-5-11(16)13(18(20)21)6-10(9)15/h5-8,12H,3-4H2,1-2H3,(H,17,19). The average molecular weight is 298 g/mol. The maximum absolute atomic E-state index is 13.8. The molecule has 114 valence electrons. The zero-order valence-electron chi connectivity index (χ0n) is 11.7. The van der Waals surface area contributed by atoms with Crippen LogP contribution in [-0.2, 0) is 0 Å². The van der Waals surface area contributed by atoms with Crippen LogP contribution in [0.15, 0.2) is 12.1 Å². The third-order valence-electron chi connectivity index (χ3n) is 4.26. The lowest BCUT2D eigenvalue weighted by molar-refractivity contribution is -0.387. The van der Waals surface area contributed by atoms with Crippen molar-refractivity contribution in [3.63, 3.8) is 0 Å². The van der Waals surface area contributed by atoms with Crippen molar-refractivity contribution in [1.29, 1.82) is 0 Å². The molecule has 2 rings (SSSR count). The molecule has 0 spiro atoms. The van der Waals surface area contributed by atoms with Crippen LogP contribution in [0.2, 0.25) is 0 Å². The van der Waals surface area contributed by atoms with Gasteiger partial charge in [-0.3, -0.25) is 14.9 Å². The van der Waals surface area contributed by atoms with E-state index in [9.17, 15) is 23.7 Å². The Morgan fingerprint density at radius 3 is 2.48 bits per heavy atom. The minimum atomic E-state index is -1.22. The molecule has 0 heterocycles. The zero-order chi connectivity index (χ0) is 15.7. The smallest absolute Gasteiger partial charge is 0.307 e. The van der Waals surface area contributed by atoms with Gasteiger partial charge in [0.25, 0.3) is 5.91 Å². The van der Waals surface area contributed by atoms with Crippen molar-refractivity contribution >= 4 is 11.6 Å². The number of nitrogens with zero attached hydrogens (tertiary/aromatic N) is 1. The number of hydrogen-bond acceptors (Lipinski definition) is 3. The number of nitro benzene ring substituents is 1. The summed E-state index contributed by atoms with van der Waals surface area (Å²) in [5, 5.41) is 13.2. The van der Waals surface area contributed by atoms with Crippen molar-refractivity contribution in [1.82, 2.24) is 5.32 Å². The molecule has 1 aromatic rings. The molecule has 0 saturated heterocycles. The molecule has 1 aliphatic carbocycles. The van der Waals surface area contributed by atoms with Gasteiger partial charge in [0.1, 0.15) is 5.82 Å². The van der Waals surface area contributed by atoms with E-state index in [0.29, 0.717) is 18.1 Å². The molecule has 7 heteroatoms. The van der Waals surface area contributed by atoms with Crippen molar-refractivity contribution < 1.29 is 18.5 Å². The Kier molecular flexibility index (Phi) is 4.20. The first-order valence-electron chi connectivity index (χ1n) is 6.75. The Bertz CT molecular complexity index is 592. The number of hydrogen-bond donors (Lipinski definition) is 1. The highest BCUT2D eigenvalue weighted by molar-refractivity contribution is 5.95. The number of benzene rings is 1. The summed E-state index contributed by atoms with van der Waals surface area (Å²) < 4.78 is 27.3. The third kappa shape index (κ3) is 3.01. The fourth-order valence-electron chi connectivity index (χ4n) is 2.66. The fraction of sp³-hybridized carbons (Fsp3) is 0.500. The Labute approximate surface area is 120 Å². The van der Waals surface area contributed by atoms with E-state index in [1.807, 2.05) is 6.92 Å². The van der Waals surface area contributed by atoms with Crippen LogP contribution in [0.4, 0.5) is 14.5 Å². The van der Waals surface area contributed by atoms with E-state index in [4.69, 9.17) is 0 Å². The van der Waals surface area contributed by atoms with E-state index >= 15 is 0 Å². The topological polar surface area (TPSA) is 72.2 Å². The van der Waals surface area contributed by atoms with Crippen LogP contribution in [0, 0.1) is 33.6 Å². The molecule has 3 unspecified atom stereocenters. The predicted molar refractivity (Wildman–Crippen MR) is 71.8 cm³/mol. The number of rotatable bonds is 3. The third-order valence-corrected chi connectivity index (χ3v) is 4.26. The summed E-state index contributed by atoms with van der Waals surface area (Å²) in [6.07, 6.45) is 1.74. The number of halogens is 2. The first-order valence-corrected chi connectivity index (χ1v) is 6.75. The molecule has 0 radical (unpaired) electrons. The van der Waals surface area contributed by atoms with Crippen LogP contribution in [0.5, 0.6) is 0 Å². The molecule has 21 heavy (non-hydrogen) atoms. The molecule has 5 nitrogen and oxygen atoms in total. The molecule has 1 N–H and O–H groups in total. The predicted octanol–water partition coefficient (Wildman–Crippen LogP) is 3.04. The molecule has 1 saturated carbocycles. The summed E-state index contributed by atoms with van der Waals surface area (Å²) in [4.78, 5) is 21.5. The van der Waals surface area contributed by atoms with Crippen LogP contribution >= 0.6 is 0 Å². The van der Waals surface area contributed by atoms with Crippen LogP contribution in [0.25, 0.3) is 0 Å². The van der Waals surface area contributed by atoms with Crippen molar-refractivity contribution in [2.45, 2.75) is 32.7 Å². The fourth-order valence-corrected chi connectivity index (χ4v) is 2.66. The molecule has 3 atom stereocenters. The summed E-state index contributed by atoms with van der Waals surface area (Å²) in [5.74, 6) is -2.36. The highest BCUT2D eigenvalue weighted by atomic mass is 19.1. The SMILES string of the molecule is CC1CCC(NC(=O)c2cc(F)c([N+](=O)[O-])cc2F)C1C. The minimum absolute atomic E-state index is 0.0925. The van der Waals surface area contributed by atoms with Crippen LogP contribution < -0.4 is 5.32 Å². The molecule has 0 aliphatic heterocycles. The van der Waals surface area contributed by atoms with Gasteiger partial charge in [-0.2, -0.15) is 4.39 Å². The quantitative estimate of drug-likeness (QED) is 0.688. The Hall–Kier alpha value is -2.05. The maximum Gasteiger partial charge on any atom is 0.307 e. The van der Waals surface area contributed by atoms with Gasteiger partial charge in [0.15, 0.2) is 0 Å². The highest BCUT2D eigenvalue weighted by Crippen LogP contribution is 2.31. The second-order valence-corrected chi connectivity index (χ2v) is 5.53. The number of nitro groups is 1.